The van der Waals surface area contributed by atoms with Crippen LogP contribution >= 0.6 is 27.3 Å². The van der Waals surface area contributed by atoms with E-state index in [2.05, 4.69) is 15.9 Å². The highest BCUT2D eigenvalue weighted by molar-refractivity contribution is 9.11. The maximum atomic E-state index is 12.1. The van der Waals surface area contributed by atoms with E-state index in [-0.39, 0.29) is 5.91 Å². The molecule has 6 heteroatoms. The minimum Gasteiger partial charge on any atom is -0.480 e. The summed E-state index contributed by atoms with van der Waals surface area (Å²) in [5, 5.41) is 9.00. The van der Waals surface area contributed by atoms with Crippen molar-refractivity contribution in [3.63, 3.8) is 0 Å². The van der Waals surface area contributed by atoms with Gasteiger partial charge in [-0.2, -0.15) is 0 Å². The van der Waals surface area contributed by atoms with Gasteiger partial charge in [0.15, 0.2) is 0 Å². The van der Waals surface area contributed by atoms with Crippen molar-refractivity contribution in [1.29, 1.82) is 0 Å². The monoisotopic (exact) mass is 319 g/mol. The molecule has 0 aliphatic heterocycles. The lowest BCUT2D eigenvalue weighted by atomic mass is 10.2. The molecule has 1 amide bonds. The Bertz CT molecular complexity index is 424. The van der Waals surface area contributed by atoms with Gasteiger partial charge in [-0.1, -0.05) is 6.92 Å². The van der Waals surface area contributed by atoms with Crippen molar-refractivity contribution in [2.75, 3.05) is 7.05 Å². The van der Waals surface area contributed by atoms with Gasteiger partial charge in [0.25, 0.3) is 5.91 Å². The standard InChI is InChI=1S/C11H14BrNO3S/c1-4-7(11(15)16)13(3)10(14)8-5-6(2)9(12)17-8/h5,7H,4H2,1-3H3,(H,15,16). The summed E-state index contributed by atoms with van der Waals surface area (Å²) in [4.78, 5) is 24.9. The topological polar surface area (TPSA) is 57.6 Å². The van der Waals surface area contributed by atoms with E-state index in [4.69, 9.17) is 5.11 Å². The molecule has 17 heavy (non-hydrogen) atoms. The number of likely N-dealkylation sites (N-methyl/N-ethyl adjacent to an activating group) is 1. The van der Waals surface area contributed by atoms with Crippen LogP contribution in [0.25, 0.3) is 0 Å². The molecule has 0 aliphatic carbocycles. The molecule has 0 aliphatic rings. The zero-order valence-electron chi connectivity index (χ0n) is 9.86. The van der Waals surface area contributed by atoms with E-state index in [1.165, 1.54) is 23.3 Å². The van der Waals surface area contributed by atoms with Gasteiger partial charge in [0.2, 0.25) is 0 Å². The number of carbonyl (C=O) groups is 2. The number of hydrogen-bond acceptors (Lipinski definition) is 3. The van der Waals surface area contributed by atoms with Gasteiger partial charge in [-0.3, -0.25) is 4.79 Å². The van der Waals surface area contributed by atoms with Gasteiger partial charge in [-0.05, 0) is 40.9 Å². The van der Waals surface area contributed by atoms with Crippen LogP contribution in [0.2, 0.25) is 0 Å². The third-order valence-corrected chi connectivity index (χ3v) is 4.65. The van der Waals surface area contributed by atoms with Crippen LogP contribution in [0.1, 0.15) is 28.6 Å². The molecule has 1 atom stereocenters. The van der Waals surface area contributed by atoms with Gasteiger partial charge in [0.05, 0.1) is 8.66 Å². The van der Waals surface area contributed by atoms with Crippen LogP contribution in [0.4, 0.5) is 0 Å². The van der Waals surface area contributed by atoms with Crippen LogP contribution in [0, 0.1) is 6.92 Å². The number of halogens is 1. The molecule has 4 nitrogen and oxygen atoms in total. The largest absolute Gasteiger partial charge is 0.480 e. The maximum absolute atomic E-state index is 12.1. The van der Waals surface area contributed by atoms with Crippen LogP contribution in [0.5, 0.6) is 0 Å². The van der Waals surface area contributed by atoms with Crippen LogP contribution in [0.3, 0.4) is 0 Å². The lowest BCUT2D eigenvalue weighted by Gasteiger charge is -2.22. The van der Waals surface area contributed by atoms with Gasteiger partial charge in [0, 0.05) is 7.05 Å². The smallest absolute Gasteiger partial charge is 0.326 e. The fourth-order valence-corrected chi connectivity index (χ4v) is 3.01. The first-order valence-corrected chi connectivity index (χ1v) is 6.75. The number of thiophene rings is 1. The summed E-state index contributed by atoms with van der Waals surface area (Å²) in [6, 6.07) is 0.992. The number of aryl methyl sites for hydroxylation is 1. The lowest BCUT2D eigenvalue weighted by Crippen LogP contribution is -2.41. The molecule has 0 bridgehead atoms. The zero-order valence-corrected chi connectivity index (χ0v) is 12.3. The molecule has 1 heterocycles. The normalized spacial score (nSPS) is 12.2. The number of hydrogen-bond donors (Lipinski definition) is 1. The summed E-state index contributed by atoms with van der Waals surface area (Å²) >= 11 is 4.67. The maximum Gasteiger partial charge on any atom is 0.326 e. The summed E-state index contributed by atoms with van der Waals surface area (Å²) in [7, 11) is 1.52. The minimum absolute atomic E-state index is 0.252. The molecule has 1 N–H and O–H groups in total. The first-order valence-electron chi connectivity index (χ1n) is 5.14. The highest BCUT2D eigenvalue weighted by atomic mass is 79.9. The van der Waals surface area contributed by atoms with Gasteiger partial charge in [0.1, 0.15) is 6.04 Å². The Morgan fingerprint density at radius 2 is 2.18 bits per heavy atom. The summed E-state index contributed by atoms with van der Waals surface area (Å²) in [6.07, 6.45) is 0.392. The second-order valence-electron chi connectivity index (χ2n) is 3.75. The van der Waals surface area contributed by atoms with Crippen molar-refractivity contribution in [1.82, 2.24) is 4.90 Å². The van der Waals surface area contributed by atoms with E-state index in [1.54, 1.807) is 13.0 Å². The van der Waals surface area contributed by atoms with Crippen molar-refractivity contribution < 1.29 is 14.7 Å². The fourth-order valence-electron chi connectivity index (χ4n) is 1.49. The van der Waals surface area contributed by atoms with E-state index in [0.717, 1.165) is 9.35 Å². The van der Waals surface area contributed by atoms with E-state index in [1.807, 2.05) is 6.92 Å². The van der Waals surface area contributed by atoms with Crippen molar-refractivity contribution in [3.05, 3.63) is 20.3 Å². The van der Waals surface area contributed by atoms with Crippen molar-refractivity contribution in [2.24, 2.45) is 0 Å². The van der Waals surface area contributed by atoms with Crippen LogP contribution in [-0.4, -0.2) is 35.0 Å². The molecule has 94 valence electrons. The number of carboxylic acids is 1. The fraction of sp³-hybridized carbons (Fsp3) is 0.455. The molecule has 1 unspecified atom stereocenters. The first-order chi connectivity index (χ1) is 7.88. The Morgan fingerprint density at radius 3 is 2.53 bits per heavy atom. The lowest BCUT2D eigenvalue weighted by molar-refractivity contribution is -0.142. The summed E-state index contributed by atoms with van der Waals surface area (Å²) in [5.41, 5.74) is 0.982. The Balaban J connectivity index is 2.93. The molecule has 1 aromatic rings. The highest BCUT2D eigenvalue weighted by Crippen LogP contribution is 2.28. The number of carbonyl (C=O) groups excluding carboxylic acids is 1. The number of carboxylic acid groups (broad SMARTS) is 1. The van der Waals surface area contributed by atoms with E-state index in [0.29, 0.717) is 11.3 Å². The first kappa shape index (κ1) is 14.2. The molecule has 0 radical (unpaired) electrons. The SMILES string of the molecule is CCC(C(=O)O)N(C)C(=O)c1cc(C)c(Br)s1. The average Bonchev–Trinajstić information content (AvgIpc) is 2.58. The van der Waals surface area contributed by atoms with Gasteiger partial charge in [-0.25, -0.2) is 4.79 Å². The third-order valence-electron chi connectivity index (χ3n) is 2.53. The Hall–Kier alpha value is -0.880. The summed E-state index contributed by atoms with van der Waals surface area (Å²) < 4.78 is 0.901. The molecule has 0 saturated carbocycles. The number of nitrogens with zero attached hydrogens (tertiary/aromatic N) is 1. The third kappa shape index (κ3) is 3.07. The molecule has 0 saturated heterocycles. The quantitative estimate of drug-likeness (QED) is 0.928. The van der Waals surface area contributed by atoms with E-state index >= 15 is 0 Å². The van der Waals surface area contributed by atoms with Crippen molar-refractivity contribution >= 4 is 39.1 Å². The van der Waals surface area contributed by atoms with Crippen molar-refractivity contribution in [3.8, 4) is 0 Å². The molecule has 0 aromatic carbocycles. The average molecular weight is 320 g/mol. The van der Waals surface area contributed by atoms with Crippen molar-refractivity contribution in [2.45, 2.75) is 26.3 Å². The minimum atomic E-state index is -0.976. The number of rotatable bonds is 4. The van der Waals surface area contributed by atoms with Crippen LogP contribution in [0.15, 0.2) is 9.85 Å². The molecule has 1 rings (SSSR count). The Labute approximate surface area is 112 Å². The van der Waals surface area contributed by atoms with Gasteiger partial charge >= 0.3 is 5.97 Å². The molecule has 0 fully saturated rings. The van der Waals surface area contributed by atoms with E-state index < -0.39 is 12.0 Å². The predicted octanol–water partition coefficient (Wildman–Crippen LogP) is 2.75. The van der Waals surface area contributed by atoms with Gasteiger partial charge < -0.3 is 10.0 Å². The predicted molar refractivity (Wildman–Crippen MR) is 70.6 cm³/mol. The molecular formula is C11H14BrNO3S. The molecule has 0 spiro atoms. The zero-order chi connectivity index (χ0) is 13.2. The van der Waals surface area contributed by atoms with Gasteiger partial charge in [-0.15, -0.1) is 11.3 Å². The molecular weight excluding hydrogens is 306 g/mol. The molecule has 1 aromatic heterocycles. The van der Waals surface area contributed by atoms with Crippen LogP contribution < -0.4 is 0 Å². The van der Waals surface area contributed by atoms with E-state index in [9.17, 15) is 9.59 Å². The Kier molecular flexibility index (Phi) is 4.70. The second-order valence-corrected chi connectivity index (χ2v) is 6.12. The summed E-state index contributed by atoms with van der Waals surface area (Å²) in [5.74, 6) is -1.23. The highest BCUT2D eigenvalue weighted by Gasteiger charge is 2.26. The second kappa shape index (κ2) is 5.64. The Morgan fingerprint density at radius 1 is 1.59 bits per heavy atom. The number of amides is 1. The number of aliphatic carboxylic acids is 1. The van der Waals surface area contributed by atoms with Crippen LogP contribution in [-0.2, 0) is 4.79 Å². The summed E-state index contributed by atoms with van der Waals surface area (Å²) in [6.45, 7) is 3.64.